The minimum atomic E-state index is -1.06. The van der Waals surface area contributed by atoms with Gasteiger partial charge < -0.3 is 14.9 Å². The van der Waals surface area contributed by atoms with Gasteiger partial charge in [0.1, 0.15) is 11.5 Å². The topological polar surface area (TPSA) is 101 Å². The Morgan fingerprint density at radius 1 is 1.00 bits per heavy atom. The highest BCUT2D eigenvalue weighted by Crippen LogP contribution is 2.33. The number of carbonyl (C=O) groups is 3. The second-order valence-corrected chi connectivity index (χ2v) is 5.84. The molecule has 2 aromatic rings. The molecule has 0 aromatic heterocycles. The van der Waals surface area contributed by atoms with Gasteiger partial charge in [-0.1, -0.05) is 25.5 Å². The highest BCUT2D eigenvalue weighted by molar-refractivity contribution is 5.99. The van der Waals surface area contributed by atoms with Gasteiger partial charge in [-0.15, -0.1) is 0 Å². The number of carbonyl (C=O) groups excluding carboxylic acids is 2. The summed E-state index contributed by atoms with van der Waals surface area (Å²) < 4.78 is 5.56. The SMILES string of the molecule is CCCc1c(OCC(=O)c2ccc(C(=O)O)cc2)ccc(C(C)=O)c1O. The first-order valence-electron chi connectivity index (χ1n) is 8.20. The lowest BCUT2D eigenvalue weighted by molar-refractivity contribution is 0.0696. The summed E-state index contributed by atoms with van der Waals surface area (Å²) in [5, 5.41) is 19.2. The minimum Gasteiger partial charge on any atom is -0.507 e. The molecule has 26 heavy (non-hydrogen) atoms. The molecular weight excluding hydrogens is 336 g/mol. The fourth-order valence-corrected chi connectivity index (χ4v) is 2.55. The molecule has 0 radical (unpaired) electrons. The van der Waals surface area contributed by atoms with Crippen LogP contribution in [0.3, 0.4) is 0 Å². The van der Waals surface area contributed by atoms with Gasteiger partial charge in [-0.05, 0) is 37.6 Å². The van der Waals surface area contributed by atoms with Gasteiger partial charge in [-0.3, -0.25) is 9.59 Å². The molecule has 6 heteroatoms. The van der Waals surface area contributed by atoms with Gasteiger partial charge >= 0.3 is 5.97 Å². The Hall–Kier alpha value is -3.15. The van der Waals surface area contributed by atoms with Crippen molar-refractivity contribution in [1.82, 2.24) is 0 Å². The molecule has 0 aliphatic heterocycles. The molecule has 0 heterocycles. The second-order valence-electron chi connectivity index (χ2n) is 5.84. The van der Waals surface area contributed by atoms with E-state index in [9.17, 15) is 19.5 Å². The molecule has 0 unspecified atom stereocenters. The first kappa shape index (κ1) is 19.2. The molecule has 0 spiro atoms. The van der Waals surface area contributed by atoms with Crippen molar-refractivity contribution in [2.45, 2.75) is 26.7 Å². The van der Waals surface area contributed by atoms with Crippen molar-refractivity contribution in [3.05, 3.63) is 58.7 Å². The van der Waals surface area contributed by atoms with E-state index in [-0.39, 0.29) is 35.0 Å². The lowest BCUT2D eigenvalue weighted by Crippen LogP contribution is -2.13. The van der Waals surface area contributed by atoms with Crippen LogP contribution in [0.15, 0.2) is 36.4 Å². The highest BCUT2D eigenvalue weighted by atomic mass is 16.5. The van der Waals surface area contributed by atoms with Gasteiger partial charge in [0.05, 0.1) is 11.1 Å². The number of Topliss-reactive ketones (excluding diaryl/α,β-unsaturated/α-hetero) is 2. The van der Waals surface area contributed by atoms with Crippen molar-refractivity contribution in [3.8, 4) is 11.5 Å². The molecule has 2 rings (SSSR count). The molecule has 0 amide bonds. The zero-order chi connectivity index (χ0) is 19.3. The van der Waals surface area contributed by atoms with E-state index in [0.717, 1.165) is 6.42 Å². The molecule has 136 valence electrons. The summed E-state index contributed by atoms with van der Waals surface area (Å²) in [6.07, 6.45) is 1.24. The normalized spacial score (nSPS) is 10.4. The van der Waals surface area contributed by atoms with Crippen LogP contribution < -0.4 is 4.74 Å². The third-order valence-electron chi connectivity index (χ3n) is 3.93. The molecule has 0 fully saturated rings. The predicted molar refractivity (Wildman–Crippen MR) is 95.3 cm³/mol. The number of phenolic OH excluding ortho intramolecular Hbond substituents is 1. The van der Waals surface area contributed by atoms with Crippen LogP contribution in [0.5, 0.6) is 11.5 Å². The Labute approximate surface area is 151 Å². The van der Waals surface area contributed by atoms with Gasteiger partial charge in [0.15, 0.2) is 18.2 Å². The van der Waals surface area contributed by atoms with Crippen molar-refractivity contribution >= 4 is 17.5 Å². The summed E-state index contributed by atoms with van der Waals surface area (Å²) in [5.41, 5.74) is 1.14. The Bertz CT molecular complexity index is 836. The second kappa shape index (κ2) is 8.29. The van der Waals surface area contributed by atoms with E-state index >= 15 is 0 Å². The van der Waals surface area contributed by atoms with Gasteiger partial charge in [-0.2, -0.15) is 0 Å². The van der Waals surface area contributed by atoms with Crippen LogP contribution in [-0.4, -0.2) is 34.4 Å². The smallest absolute Gasteiger partial charge is 0.335 e. The third-order valence-corrected chi connectivity index (χ3v) is 3.93. The number of ketones is 2. The molecule has 2 aromatic carbocycles. The number of carboxylic acids is 1. The standard InChI is InChI=1S/C20H20O6/c1-3-4-16-18(10-9-15(12(2)21)19(16)23)26-11-17(22)13-5-7-14(8-6-13)20(24)25/h5-10,23H,3-4,11H2,1-2H3,(H,24,25). The predicted octanol–water partition coefficient (Wildman–Crippen LogP) is 3.51. The molecule has 0 aliphatic carbocycles. The summed E-state index contributed by atoms with van der Waals surface area (Å²) in [6, 6.07) is 8.61. The van der Waals surface area contributed by atoms with Gasteiger partial charge in [0.25, 0.3) is 0 Å². The molecule has 6 nitrogen and oxygen atoms in total. The van der Waals surface area contributed by atoms with E-state index in [2.05, 4.69) is 0 Å². The number of benzene rings is 2. The average Bonchev–Trinajstić information content (AvgIpc) is 2.61. The van der Waals surface area contributed by atoms with Crippen molar-refractivity contribution in [2.24, 2.45) is 0 Å². The Balaban J connectivity index is 2.17. The molecule has 0 atom stereocenters. The van der Waals surface area contributed by atoms with Crippen LogP contribution in [0.4, 0.5) is 0 Å². The Kier molecular flexibility index (Phi) is 6.11. The van der Waals surface area contributed by atoms with E-state index in [1.807, 2.05) is 6.92 Å². The van der Waals surface area contributed by atoms with Crippen molar-refractivity contribution < 1.29 is 29.3 Å². The van der Waals surface area contributed by atoms with Crippen LogP contribution in [0.2, 0.25) is 0 Å². The molecule has 0 saturated heterocycles. The Morgan fingerprint density at radius 2 is 1.62 bits per heavy atom. The maximum Gasteiger partial charge on any atom is 0.335 e. The van der Waals surface area contributed by atoms with E-state index in [4.69, 9.17) is 9.84 Å². The molecule has 0 saturated carbocycles. The molecular formula is C20H20O6. The molecule has 0 bridgehead atoms. The fraction of sp³-hybridized carbons (Fsp3) is 0.250. The number of aromatic carboxylic acids is 1. The van der Waals surface area contributed by atoms with E-state index in [0.29, 0.717) is 23.3 Å². The number of ether oxygens (including phenoxy) is 1. The van der Waals surface area contributed by atoms with Crippen molar-refractivity contribution in [2.75, 3.05) is 6.61 Å². The number of phenols is 1. The molecule has 0 aliphatic rings. The third kappa shape index (κ3) is 4.27. The first-order chi connectivity index (χ1) is 12.3. The van der Waals surface area contributed by atoms with Crippen LogP contribution in [0.25, 0.3) is 0 Å². The fourth-order valence-electron chi connectivity index (χ4n) is 2.55. The highest BCUT2D eigenvalue weighted by Gasteiger charge is 2.17. The van der Waals surface area contributed by atoms with E-state index in [1.54, 1.807) is 6.07 Å². The Morgan fingerprint density at radius 3 is 2.15 bits per heavy atom. The van der Waals surface area contributed by atoms with Crippen LogP contribution >= 0.6 is 0 Å². The van der Waals surface area contributed by atoms with Crippen LogP contribution in [0, 0.1) is 0 Å². The summed E-state index contributed by atoms with van der Waals surface area (Å²) in [7, 11) is 0. The summed E-state index contributed by atoms with van der Waals surface area (Å²) >= 11 is 0. The van der Waals surface area contributed by atoms with E-state index in [1.165, 1.54) is 37.3 Å². The quantitative estimate of drug-likeness (QED) is 0.702. The minimum absolute atomic E-state index is 0.0949. The number of hydrogen-bond donors (Lipinski definition) is 2. The lowest BCUT2D eigenvalue weighted by atomic mass is 10.0. The maximum absolute atomic E-state index is 12.2. The maximum atomic E-state index is 12.2. The lowest BCUT2D eigenvalue weighted by Gasteiger charge is -2.14. The zero-order valence-electron chi connectivity index (χ0n) is 14.6. The molecule has 2 N–H and O–H groups in total. The number of aromatic hydroxyl groups is 1. The van der Waals surface area contributed by atoms with Crippen LogP contribution in [0.1, 0.15) is 56.9 Å². The van der Waals surface area contributed by atoms with Gasteiger partial charge in [-0.25, -0.2) is 4.79 Å². The van der Waals surface area contributed by atoms with E-state index < -0.39 is 5.97 Å². The summed E-state index contributed by atoms with van der Waals surface area (Å²) in [6.45, 7) is 3.04. The first-order valence-corrected chi connectivity index (χ1v) is 8.20. The van der Waals surface area contributed by atoms with Gasteiger partial charge in [0, 0.05) is 11.1 Å². The van der Waals surface area contributed by atoms with Crippen molar-refractivity contribution in [3.63, 3.8) is 0 Å². The van der Waals surface area contributed by atoms with Gasteiger partial charge in [0.2, 0.25) is 0 Å². The zero-order valence-corrected chi connectivity index (χ0v) is 14.6. The number of rotatable bonds is 8. The summed E-state index contributed by atoms with van der Waals surface area (Å²) in [5.74, 6) is -1.40. The monoisotopic (exact) mass is 356 g/mol. The summed E-state index contributed by atoms with van der Waals surface area (Å²) in [4.78, 5) is 34.6. The number of hydrogen-bond acceptors (Lipinski definition) is 5. The number of carboxylic acid groups (broad SMARTS) is 1. The average molecular weight is 356 g/mol. The largest absolute Gasteiger partial charge is 0.507 e. The van der Waals surface area contributed by atoms with Crippen molar-refractivity contribution in [1.29, 1.82) is 0 Å². The van der Waals surface area contributed by atoms with Crippen LogP contribution in [-0.2, 0) is 6.42 Å².